The van der Waals surface area contributed by atoms with Crippen molar-refractivity contribution >= 4 is 0 Å². The lowest BCUT2D eigenvalue weighted by atomic mass is 9.77. The van der Waals surface area contributed by atoms with Crippen LogP contribution in [-0.2, 0) is 0 Å². The quantitative estimate of drug-likeness (QED) is 0.394. The van der Waals surface area contributed by atoms with Crippen LogP contribution in [0.5, 0.6) is 5.75 Å². The molecule has 0 heterocycles. The molecule has 1 aliphatic rings. The van der Waals surface area contributed by atoms with Gasteiger partial charge in [-0.25, -0.2) is 13.2 Å². The number of halogens is 4. The lowest BCUT2D eigenvalue weighted by Crippen LogP contribution is -2.13. The van der Waals surface area contributed by atoms with Gasteiger partial charge in [0.05, 0.1) is 6.61 Å². The highest BCUT2D eigenvalue weighted by molar-refractivity contribution is 5.65. The summed E-state index contributed by atoms with van der Waals surface area (Å²) in [5, 5.41) is 0. The second-order valence-corrected chi connectivity index (χ2v) is 7.87. The average Bonchev–Trinajstić information content (AvgIpc) is 2.78. The van der Waals surface area contributed by atoms with E-state index in [4.69, 9.17) is 4.74 Å². The van der Waals surface area contributed by atoms with Crippen LogP contribution in [0.4, 0.5) is 17.6 Å². The van der Waals surface area contributed by atoms with Crippen LogP contribution in [-0.4, -0.2) is 13.3 Å². The van der Waals surface area contributed by atoms with E-state index in [0.29, 0.717) is 23.8 Å². The van der Waals surface area contributed by atoms with E-state index in [1.54, 1.807) is 13.0 Å². The standard InChI is InChI=1S/C25H28F4O/c1-2-30-23-15-14-22(24(28)25(23)29)20-12-10-19(11-13-20)18-8-6-17(7-9-18)4-3-5-21(27)16-26/h5,10-15,17-18H,2-4,6-9,16H2,1H3/b21-5-. The molecule has 162 valence electrons. The number of hydrogen-bond acceptors (Lipinski definition) is 1. The normalized spacial score (nSPS) is 19.7. The fraction of sp³-hybridized carbons (Fsp3) is 0.440. The summed E-state index contributed by atoms with van der Waals surface area (Å²) >= 11 is 0. The smallest absolute Gasteiger partial charge is 0.201 e. The predicted molar refractivity (Wildman–Crippen MR) is 112 cm³/mol. The summed E-state index contributed by atoms with van der Waals surface area (Å²) < 4.78 is 58.7. The van der Waals surface area contributed by atoms with Gasteiger partial charge in [-0.3, -0.25) is 0 Å². The molecule has 1 saturated carbocycles. The van der Waals surface area contributed by atoms with E-state index in [0.717, 1.165) is 32.1 Å². The Hall–Kier alpha value is -2.30. The number of benzene rings is 2. The summed E-state index contributed by atoms with van der Waals surface area (Å²) in [7, 11) is 0. The fourth-order valence-corrected chi connectivity index (χ4v) is 4.27. The summed E-state index contributed by atoms with van der Waals surface area (Å²) in [6.45, 7) is 0.981. The van der Waals surface area contributed by atoms with Crippen LogP contribution in [0, 0.1) is 17.6 Å². The number of rotatable bonds is 8. The average molecular weight is 420 g/mol. The third-order valence-corrected chi connectivity index (χ3v) is 5.95. The van der Waals surface area contributed by atoms with Crippen molar-refractivity contribution in [2.24, 2.45) is 5.92 Å². The molecule has 0 aliphatic heterocycles. The molecule has 5 heteroatoms. The van der Waals surface area contributed by atoms with Gasteiger partial charge in [0.1, 0.15) is 12.5 Å². The first-order valence-corrected chi connectivity index (χ1v) is 10.6. The monoisotopic (exact) mass is 420 g/mol. The van der Waals surface area contributed by atoms with Crippen LogP contribution in [0.1, 0.15) is 56.9 Å². The van der Waals surface area contributed by atoms with Crippen molar-refractivity contribution < 1.29 is 22.3 Å². The van der Waals surface area contributed by atoms with Gasteiger partial charge in [-0.15, -0.1) is 0 Å². The number of allylic oxidation sites excluding steroid dienone is 2. The maximum absolute atomic E-state index is 14.4. The van der Waals surface area contributed by atoms with Gasteiger partial charge in [-0.1, -0.05) is 30.3 Å². The van der Waals surface area contributed by atoms with E-state index in [1.807, 2.05) is 24.3 Å². The van der Waals surface area contributed by atoms with Crippen LogP contribution < -0.4 is 4.74 Å². The van der Waals surface area contributed by atoms with Crippen LogP contribution in [0.2, 0.25) is 0 Å². The molecule has 0 unspecified atom stereocenters. The van der Waals surface area contributed by atoms with Gasteiger partial charge in [-0.2, -0.15) is 4.39 Å². The predicted octanol–water partition coefficient (Wildman–Crippen LogP) is 7.91. The van der Waals surface area contributed by atoms with E-state index in [2.05, 4.69) is 0 Å². The number of ether oxygens (including phenoxy) is 1. The van der Waals surface area contributed by atoms with Gasteiger partial charge < -0.3 is 4.74 Å². The molecule has 0 bridgehead atoms. The highest BCUT2D eigenvalue weighted by Gasteiger charge is 2.22. The third kappa shape index (κ3) is 5.44. The summed E-state index contributed by atoms with van der Waals surface area (Å²) in [5.74, 6) is -1.62. The molecular weight excluding hydrogens is 392 g/mol. The first-order valence-electron chi connectivity index (χ1n) is 10.6. The summed E-state index contributed by atoms with van der Waals surface area (Å²) in [6.07, 6.45) is 7.06. The van der Waals surface area contributed by atoms with Gasteiger partial charge in [0.2, 0.25) is 5.82 Å². The molecule has 0 saturated heterocycles. The van der Waals surface area contributed by atoms with Crippen molar-refractivity contribution in [3.05, 3.63) is 65.5 Å². The molecule has 3 rings (SSSR count). The van der Waals surface area contributed by atoms with Crippen molar-refractivity contribution in [2.45, 2.75) is 51.4 Å². The second-order valence-electron chi connectivity index (χ2n) is 7.87. The van der Waals surface area contributed by atoms with Gasteiger partial charge in [0.25, 0.3) is 0 Å². The van der Waals surface area contributed by atoms with E-state index in [9.17, 15) is 17.6 Å². The highest BCUT2D eigenvalue weighted by Crippen LogP contribution is 2.38. The Morgan fingerprint density at radius 1 is 1.00 bits per heavy atom. The molecule has 2 aromatic carbocycles. The first kappa shape index (κ1) is 22.4. The van der Waals surface area contributed by atoms with Crippen LogP contribution in [0.25, 0.3) is 11.1 Å². The van der Waals surface area contributed by atoms with E-state index < -0.39 is 24.1 Å². The molecule has 0 aromatic heterocycles. The Morgan fingerprint density at radius 2 is 1.70 bits per heavy atom. The molecule has 30 heavy (non-hydrogen) atoms. The maximum Gasteiger partial charge on any atom is 0.201 e. The maximum atomic E-state index is 14.4. The van der Waals surface area contributed by atoms with Crippen LogP contribution in [0.3, 0.4) is 0 Å². The lowest BCUT2D eigenvalue weighted by molar-refractivity contribution is 0.311. The van der Waals surface area contributed by atoms with Gasteiger partial charge in [0, 0.05) is 5.56 Å². The molecule has 1 nitrogen and oxygen atoms in total. The van der Waals surface area contributed by atoms with Gasteiger partial charge >= 0.3 is 0 Å². The van der Waals surface area contributed by atoms with Gasteiger partial charge in [-0.05, 0) is 80.5 Å². The fourth-order valence-electron chi connectivity index (χ4n) is 4.27. The highest BCUT2D eigenvalue weighted by atomic mass is 19.2. The molecule has 1 fully saturated rings. The molecule has 1 aliphatic carbocycles. The third-order valence-electron chi connectivity index (χ3n) is 5.95. The summed E-state index contributed by atoms with van der Waals surface area (Å²) in [5.41, 5.74) is 2.06. The molecule has 0 spiro atoms. The van der Waals surface area contributed by atoms with Crippen molar-refractivity contribution in [3.63, 3.8) is 0 Å². The van der Waals surface area contributed by atoms with Gasteiger partial charge in [0.15, 0.2) is 11.6 Å². The minimum atomic E-state index is -1.02. The van der Waals surface area contributed by atoms with E-state index >= 15 is 0 Å². The summed E-state index contributed by atoms with van der Waals surface area (Å²) in [4.78, 5) is 0. The minimum Gasteiger partial charge on any atom is -0.491 e. The van der Waals surface area contributed by atoms with Crippen molar-refractivity contribution in [3.8, 4) is 16.9 Å². The van der Waals surface area contributed by atoms with Crippen LogP contribution >= 0.6 is 0 Å². The zero-order valence-corrected chi connectivity index (χ0v) is 17.3. The lowest BCUT2D eigenvalue weighted by Gasteiger charge is -2.28. The Balaban J connectivity index is 1.60. The van der Waals surface area contributed by atoms with Crippen molar-refractivity contribution in [2.75, 3.05) is 13.3 Å². The van der Waals surface area contributed by atoms with Crippen molar-refractivity contribution in [1.82, 2.24) is 0 Å². The Morgan fingerprint density at radius 3 is 2.33 bits per heavy atom. The largest absolute Gasteiger partial charge is 0.491 e. The topological polar surface area (TPSA) is 9.23 Å². The zero-order chi connectivity index (χ0) is 21.5. The first-order chi connectivity index (χ1) is 14.5. The summed E-state index contributed by atoms with van der Waals surface area (Å²) in [6, 6.07) is 10.7. The Labute approximate surface area is 175 Å². The molecule has 0 radical (unpaired) electrons. The second kappa shape index (κ2) is 10.6. The molecule has 2 aromatic rings. The van der Waals surface area contributed by atoms with E-state index in [-0.39, 0.29) is 17.9 Å². The molecule has 0 N–H and O–H groups in total. The van der Waals surface area contributed by atoms with E-state index in [1.165, 1.54) is 17.7 Å². The minimum absolute atomic E-state index is 0.0740. The van der Waals surface area contributed by atoms with Crippen LogP contribution in [0.15, 0.2) is 48.3 Å². The Kier molecular flexibility index (Phi) is 7.94. The molecule has 0 atom stereocenters. The Bertz CT molecular complexity index is 852. The van der Waals surface area contributed by atoms with Crippen molar-refractivity contribution in [1.29, 1.82) is 0 Å². The number of alkyl halides is 1. The number of hydrogen-bond donors (Lipinski definition) is 0. The SMILES string of the molecule is CCOc1ccc(-c2ccc(C3CCC(CC/C=C(\F)CF)CC3)cc2)c(F)c1F. The molecule has 0 amide bonds. The molecular formula is C25H28F4O. The zero-order valence-electron chi connectivity index (χ0n) is 17.3.